The first-order valence-electron chi connectivity index (χ1n) is 8.17. The fraction of sp³-hybridized carbons (Fsp3) is 0.750. The van der Waals surface area contributed by atoms with E-state index in [9.17, 15) is 0 Å². The lowest BCUT2D eigenvalue weighted by molar-refractivity contribution is 0.0732. The molecule has 124 valence electrons. The van der Waals surface area contributed by atoms with Crippen molar-refractivity contribution < 1.29 is 4.74 Å². The van der Waals surface area contributed by atoms with Crippen molar-refractivity contribution in [2.45, 2.75) is 38.6 Å². The van der Waals surface area contributed by atoms with E-state index in [2.05, 4.69) is 25.2 Å². The number of hydrogen-bond donors (Lipinski definition) is 2. The van der Waals surface area contributed by atoms with Gasteiger partial charge in [-0.05, 0) is 31.1 Å². The van der Waals surface area contributed by atoms with Crippen LogP contribution in [0.4, 0.5) is 0 Å². The van der Waals surface area contributed by atoms with Crippen LogP contribution in [0.1, 0.15) is 32.1 Å². The van der Waals surface area contributed by atoms with Crippen molar-refractivity contribution >= 4 is 5.96 Å². The van der Waals surface area contributed by atoms with Crippen LogP contribution in [0.3, 0.4) is 0 Å². The van der Waals surface area contributed by atoms with E-state index in [1.807, 2.05) is 25.8 Å². The first kappa shape index (κ1) is 16.8. The Labute approximate surface area is 133 Å². The summed E-state index contributed by atoms with van der Waals surface area (Å²) in [7, 11) is 3.61. The molecule has 0 radical (unpaired) electrons. The Morgan fingerprint density at radius 2 is 2.27 bits per heavy atom. The summed E-state index contributed by atoms with van der Waals surface area (Å²) in [6.07, 6.45) is 11.8. The zero-order valence-electron chi connectivity index (χ0n) is 13.8. The second kappa shape index (κ2) is 8.78. The SMILES string of the molecule is CN=C(NCCCn1ccnc1)NCC1(CCOC)CCC1. The van der Waals surface area contributed by atoms with Gasteiger partial charge in [0.1, 0.15) is 0 Å². The van der Waals surface area contributed by atoms with Crippen molar-refractivity contribution in [3.8, 4) is 0 Å². The molecule has 22 heavy (non-hydrogen) atoms. The van der Waals surface area contributed by atoms with Crippen LogP contribution in [0.2, 0.25) is 0 Å². The molecule has 1 heterocycles. The van der Waals surface area contributed by atoms with E-state index in [-0.39, 0.29) is 0 Å². The average Bonchev–Trinajstić information content (AvgIpc) is 3.01. The standard InChI is InChI=1S/C16H29N5O/c1-17-15(19-8-4-10-21-11-9-18-14-21)20-13-16(5-3-6-16)7-12-22-2/h9,11,14H,3-8,10,12-13H2,1-2H3,(H2,17,19,20). The van der Waals surface area contributed by atoms with Gasteiger partial charge in [0.15, 0.2) is 5.96 Å². The highest BCUT2D eigenvalue weighted by atomic mass is 16.5. The fourth-order valence-corrected chi connectivity index (χ4v) is 2.89. The summed E-state index contributed by atoms with van der Waals surface area (Å²) < 4.78 is 7.33. The van der Waals surface area contributed by atoms with Crippen LogP contribution in [0.15, 0.2) is 23.7 Å². The summed E-state index contributed by atoms with van der Waals surface area (Å²) in [5.41, 5.74) is 0.407. The average molecular weight is 307 g/mol. The Balaban J connectivity index is 1.64. The maximum absolute atomic E-state index is 5.24. The summed E-state index contributed by atoms with van der Waals surface area (Å²) >= 11 is 0. The zero-order chi connectivity index (χ0) is 15.7. The second-order valence-corrected chi connectivity index (χ2v) is 6.10. The molecule has 1 aliphatic carbocycles. The van der Waals surface area contributed by atoms with E-state index in [1.54, 1.807) is 7.11 Å². The van der Waals surface area contributed by atoms with Gasteiger partial charge in [-0.3, -0.25) is 4.99 Å². The van der Waals surface area contributed by atoms with Gasteiger partial charge in [0.2, 0.25) is 0 Å². The number of rotatable bonds is 9. The van der Waals surface area contributed by atoms with E-state index in [0.717, 1.165) is 45.0 Å². The minimum atomic E-state index is 0.407. The Kier molecular flexibility index (Phi) is 6.71. The van der Waals surface area contributed by atoms with E-state index in [4.69, 9.17) is 4.74 Å². The summed E-state index contributed by atoms with van der Waals surface area (Å²) in [6.45, 7) is 3.71. The predicted octanol–water partition coefficient (Wildman–Crippen LogP) is 1.64. The number of hydrogen-bond acceptors (Lipinski definition) is 3. The van der Waals surface area contributed by atoms with Crippen LogP contribution in [0, 0.1) is 5.41 Å². The minimum Gasteiger partial charge on any atom is -0.385 e. The van der Waals surface area contributed by atoms with Gasteiger partial charge >= 0.3 is 0 Å². The fourth-order valence-electron chi connectivity index (χ4n) is 2.89. The molecule has 0 aromatic carbocycles. The molecule has 1 fully saturated rings. The van der Waals surface area contributed by atoms with Crippen LogP contribution in [0.25, 0.3) is 0 Å². The van der Waals surface area contributed by atoms with Gasteiger partial charge in [0.25, 0.3) is 0 Å². The smallest absolute Gasteiger partial charge is 0.190 e. The van der Waals surface area contributed by atoms with E-state index >= 15 is 0 Å². The molecule has 1 saturated carbocycles. The number of methoxy groups -OCH3 is 1. The highest BCUT2D eigenvalue weighted by Gasteiger charge is 2.36. The van der Waals surface area contributed by atoms with E-state index in [0.29, 0.717) is 5.41 Å². The molecule has 0 atom stereocenters. The first-order chi connectivity index (χ1) is 10.8. The lowest BCUT2D eigenvalue weighted by Gasteiger charge is -2.42. The van der Waals surface area contributed by atoms with Gasteiger partial charge in [-0.2, -0.15) is 0 Å². The maximum Gasteiger partial charge on any atom is 0.190 e. The van der Waals surface area contributed by atoms with Crippen LogP contribution < -0.4 is 10.6 Å². The molecule has 2 N–H and O–H groups in total. The molecule has 1 aliphatic rings. The van der Waals surface area contributed by atoms with E-state index < -0.39 is 0 Å². The number of aryl methyl sites for hydroxylation is 1. The summed E-state index contributed by atoms with van der Waals surface area (Å²) in [5.74, 6) is 0.898. The number of ether oxygens (including phenoxy) is 1. The summed E-state index contributed by atoms with van der Waals surface area (Å²) in [5, 5.41) is 6.86. The van der Waals surface area contributed by atoms with Gasteiger partial charge in [-0.25, -0.2) is 4.98 Å². The molecule has 0 unspecified atom stereocenters. The van der Waals surface area contributed by atoms with Crippen LogP contribution in [0.5, 0.6) is 0 Å². The number of imidazole rings is 1. The zero-order valence-corrected chi connectivity index (χ0v) is 13.8. The molecule has 6 nitrogen and oxygen atoms in total. The molecule has 0 aliphatic heterocycles. The molecule has 0 spiro atoms. The van der Waals surface area contributed by atoms with Crippen molar-refractivity contribution in [3.05, 3.63) is 18.7 Å². The first-order valence-corrected chi connectivity index (χ1v) is 8.17. The largest absolute Gasteiger partial charge is 0.385 e. The minimum absolute atomic E-state index is 0.407. The Morgan fingerprint density at radius 3 is 2.86 bits per heavy atom. The van der Waals surface area contributed by atoms with Gasteiger partial charge in [-0.1, -0.05) is 6.42 Å². The maximum atomic E-state index is 5.24. The monoisotopic (exact) mass is 307 g/mol. The Morgan fingerprint density at radius 1 is 1.41 bits per heavy atom. The third kappa shape index (κ3) is 5.02. The molecule has 1 aromatic rings. The van der Waals surface area contributed by atoms with E-state index in [1.165, 1.54) is 19.3 Å². The number of aromatic nitrogens is 2. The molecule has 0 bridgehead atoms. The normalized spacial score (nSPS) is 17.1. The number of guanidine groups is 1. The van der Waals surface area contributed by atoms with Crippen molar-refractivity contribution in [1.29, 1.82) is 0 Å². The lowest BCUT2D eigenvalue weighted by Crippen LogP contribution is -2.47. The van der Waals surface area contributed by atoms with Gasteiger partial charge in [0, 0.05) is 52.8 Å². The Hall–Kier alpha value is -1.56. The highest BCUT2D eigenvalue weighted by Crippen LogP contribution is 2.43. The van der Waals surface area contributed by atoms with Crippen molar-refractivity contribution in [2.24, 2.45) is 10.4 Å². The molecule has 2 rings (SSSR count). The number of nitrogens with zero attached hydrogens (tertiary/aromatic N) is 3. The molecular weight excluding hydrogens is 278 g/mol. The Bertz CT molecular complexity index is 439. The quantitative estimate of drug-likeness (QED) is 0.414. The van der Waals surface area contributed by atoms with Gasteiger partial charge in [-0.15, -0.1) is 0 Å². The van der Waals surface area contributed by atoms with Gasteiger partial charge in [0.05, 0.1) is 6.33 Å². The van der Waals surface area contributed by atoms with Crippen LogP contribution in [-0.4, -0.2) is 49.4 Å². The van der Waals surface area contributed by atoms with Gasteiger partial charge < -0.3 is 19.9 Å². The molecule has 1 aromatic heterocycles. The highest BCUT2D eigenvalue weighted by molar-refractivity contribution is 5.79. The summed E-state index contributed by atoms with van der Waals surface area (Å²) in [6, 6.07) is 0. The number of aliphatic imine (C=N–C) groups is 1. The van der Waals surface area contributed by atoms with Crippen LogP contribution >= 0.6 is 0 Å². The summed E-state index contributed by atoms with van der Waals surface area (Å²) in [4.78, 5) is 8.35. The topological polar surface area (TPSA) is 63.5 Å². The molecule has 0 saturated heterocycles. The third-order valence-corrected chi connectivity index (χ3v) is 4.55. The lowest BCUT2D eigenvalue weighted by atomic mass is 9.67. The molecule has 6 heteroatoms. The molecule has 0 amide bonds. The van der Waals surface area contributed by atoms with Crippen LogP contribution in [-0.2, 0) is 11.3 Å². The van der Waals surface area contributed by atoms with Crippen molar-refractivity contribution in [1.82, 2.24) is 20.2 Å². The predicted molar refractivity (Wildman–Crippen MR) is 89.0 cm³/mol. The second-order valence-electron chi connectivity index (χ2n) is 6.10. The number of nitrogens with one attached hydrogen (secondary N) is 2. The third-order valence-electron chi connectivity index (χ3n) is 4.55. The van der Waals surface area contributed by atoms with Crippen molar-refractivity contribution in [3.63, 3.8) is 0 Å². The van der Waals surface area contributed by atoms with Crippen molar-refractivity contribution in [2.75, 3.05) is 33.9 Å². The molecular formula is C16H29N5O.